The molecule has 7 nitrogen and oxygen atoms in total. The molecule has 1 N–H and O–H groups in total. The predicted octanol–water partition coefficient (Wildman–Crippen LogP) is 3.57. The van der Waals surface area contributed by atoms with Crippen LogP contribution in [0.1, 0.15) is 19.8 Å². The Morgan fingerprint density at radius 3 is 2.67 bits per heavy atom. The third-order valence-corrected chi connectivity index (χ3v) is 4.60. The van der Waals surface area contributed by atoms with Gasteiger partial charge in [-0.15, -0.1) is 5.10 Å². The highest BCUT2D eigenvalue weighted by Crippen LogP contribution is 2.19. The molecule has 0 radical (unpaired) electrons. The molecule has 0 fully saturated rings. The first-order valence-electron chi connectivity index (χ1n) is 8.75. The molecule has 0 aliphatic rings. The molecule has 3 rings (SSSR count). The number of unbranched alkanes of at least 4 members (excludes halogenated alkanes) is 1. The predicted molar refractivity (Wildman–Crippen MR) is 105 cm³/mol. The number of thioether (sulfide) groups is 1. The average Bonchev–Trinajstić information content (AvgIpc) is 3.17. The minimum atomic E-state index is -0.123. The zero-order valence-corrected chi connectivity index (χ0v) is 15.9. The molecule has 0 aliphatic carbocycles. The Kier molecular flexibility index (Phi) is 6.81. The van der Waals surface area contributed by atoms with E-state index in [1.807, 2.05) is 54.6 Å². The van der Waals surface area contributed by atoms with Crippen molar-refractivity contribution in [3.05, 3.63) is 54.6 Å². The summed E-state index contributed by atoms with van der Waals surface area (Å²) in [7, 11) is 0. The lowest BCUT2D eigenvalue weighted by molar-refractivity contribution is -0.113. The van der Waals surface area contributed by atoms with Gasteiger partial charge in [0.05, 0.1) is 18.0 Å². The molecule has 0 saturated carbocycles. The van der Waals surface area contributed by atoms with Gasteiger partial charge in [-0.2, -0.15) is 4.68 Å². The van der Waals surface area contributed by atoms with Gasteiger partial charge >= 0.3 is 0 Å². The summed E-state index contributed by atoms with van der Waals surface area (Å²) in [5.74, 6) is 0.891. The van der Waals surface area contributed by atoms with E-state index in [1.165, 1.54) is 11.8 Å². The van der Waals surface area contributed by atoms with Crippen LogP contribution in [0.15, 0.2) is 59.8 Å². The molecule has 1 aromatic heterocycles. The lowest BCUT2D eigenvalue weighted by atomic mass is 10.3. The number of anilines is 1. The number of carbonyl (C=O) groups excluding carboxylic acids is 1. The van der Waals surface area contributed by atoms with Gasteiger partial charge in [0.25, 0.3) is 0 Å². The molecular formula is C19H21N5O2S. The number of tetrazole rings is 1. The van der Waals surface area contributed by atoms with Crippen LogP contribution in [0.2, 0.25) is 0 Å². The van der Waals surface area contributed by atoms with E-state index in [1.54, 1.807) is 4.68 Å². The third kappa shape index (κ3) is 5.55. The zero-order valence-electron chi connectivity index (χ0n) is 15.0. The molecule has 0 unspecified atom stereocenters. The fraction of sp³-hybridized carbons (Fsp3) is 0.263. The second-order valence-electron chi connectivity index (χ2n) is 5.77. The fourth-order valence-electron chi connectivity index (χ4n) is 2.30. The number of nitrogens with one attached hydrogen (secondary N) is 1. The summed E-state index contributed by atoms with van der Waals surface area (Å²) < 4.78 is 7.23. The Hall–Kier alpha value is -2.87. The number of aromatic nitrogens is 4. The van der Waals surface area contributed by atoms with Crippen LogP contribution in [-0.4, -0.2) is 38.5 Å². The molecule has 0 atom stereocenters. The van der Waals surface area contributed by atoms with Gasteiger partial charge in [0.15, 0.2) is 0 Å². The molecular weight excluding hydrogens is 362 g/mol. The van der Waals surface area contributed by atoms with Crippen molar-refractivity contribution in [3.63, 3.8) is 0 Å². The monoisotopic (exact) mass is 383 g/mol. The van der Waals surface area contributed by atoms with Gasteiger partial charge in [0, 0.05) is 5.69 Å². The van der Waals surface area contributed by atoms with E-state index in [4.69, 9.17) is 4.74 Å². The summed E-state index contributed by atoms with van der Waals surface area (Å²) in [4.78, 5) is 12.2. The van der Waals surface area contributed by atoms with E-state index in [9.17, 15) is 4.79 Å². The molecule has 0 spiro atoms. The Morgan fingerprint density at radius 1 is 1.15 bits per heavy atom. The Morgan fingerprint density at radius 2 is 1.93 bits per heavy atom. The number of amides is 1. The van der Waals surface area contributed by atoms with Crippen LogP contribution >= 0.6 is 11.8 Å². The largest absolute Gasteiger partial charge is 0.494 e. The van der Waals surface area contributed by atoms with E-state index in [0.717, 1.165) is 30.0 Å². The number of ether oxygens (including phenoxy) is 1. The number of hydrogen-bond donors (Lipinski definition) is 1. The summed E-state index contributed by atoms with van der Waals surface area (Å²) in [5, 5.41) is 15.1. The van der Waals surface area contributed by atoms with Crippen LogP contribution in [0.4, 0.5) is 5.69 Å². The van der Waals surface area contributed by atoms with Crippen LogP contribution in [0.3, 0.4) is 0 Å². The second-order valence-corrected chi connectivity index (χ2v) is 6.71. The number of benzene rings is 2. The minimum Gasteiger partial charge on any atom is -0.494 e. The van der Waals surface area contributed by atoms with Crippen LogP contribution in [-0.2, 0) is 4.79 Å². The van der Waals surface area contributed by atoms with Gasteiger partial charge in [-0.25, -0.2) is 0 Å². The Balaban J connectivity index is 1.51. The number of hydrogen-bond acceptors (Lipinski definition) is 6. The van der Waals surface area contributed by atoms with Crippen molar-refractivity contribution in [2.45, 2.75) is 24.9 Å². The fourth-order valence-corrected chi connectivity index (χ4v) is 2.99. The van der Waals surface area contributed by atoms with Crippen molar-refractivity contribution in [3.8, 4) is 11.4 Å². The number of rotatable bonds is 9. The highest BCUT2D eigenvalue weighted by Gasteiger charge is 2.11. The third-order valence-electron chi connectivity index (χ3n) is 3.68. The summed E-state index contributed by atoms with van der Waals surface area (Å²) in [6.07, 6.45) is 2.12. The number of nitrogens with zero attached hydrogens (tertiary/aromatic N) is 4. The minimum absolute atomic E-state index is 0.123. The van der Waals surface area contributed by atoms with Gasteiger partial charge in [-0.3, -0.25) is 4.79 Å². The molecule has 140 valence electrons. The molecule has 1 heterocycles. The summed E-state index contributed by atoms with van der Waals surface area (Å²) in [6.45, 7) is 2.83. The van der Waals surface area contributed by atoms with Crippen LogP contribution < -0.4 is 10.1 Å². The maximum Gasteiger partial charge on any atom is 0.234 e. The number of para-hydroxylation sites is 1. The van der Waals surface area contributed by atoms with Crippen molar-refractivity contribution < 1.29 is 9.53 Å². The topological polar surface area (TPSA) is 81.9 Å². The van der Waals surface area contributed by atoms with Gasteiger partial charge < -0.3 is 10.1 Å². The number of carbonyl (C=O) groups is 1. The van der Waals surface area contributed by atoms with Gasteiger partial charge in [0.2, 0.25) is 11.1 Å². The quantitative estimate of drug-likeness (QED) is 0.449. The first kappa shape index (κ1) is 18.9. The van der Waals surface area contributed by atoms with E-state index in [2.05, 4.69) is 27.8 Å². The second kappa shape index (κ2) is 9.72. The molecule has 3 aromatic rings. The highest BCUT2D eigenvalue weighted by molar-refractivity contribution is 7.99. The van der Waals surface area contributed by atoms with E-state index < -0.39 is 0 Å². The van der Waals surface area contributed by atoms with E-state index in [-0.39, 0.29) is 11.7 Å². The first-order chi connectivity index (χ1) is 13.3. The molecule has 1 amide bonds. The van der Waals surface area contributed by atoms with Crippen molar-refractivity contribution >= 4 is 23.4 Å². The Bertz CT molecular complexity index is 852. The smallest absolute Gasteiger partial charge is 0.234 e. The van der Waals surface area contributed by atoms with E-state index in [0.29, 0.717) is 11.8 Å². The molecule has 2 aromatic carbocycles. The van der Waals surface area contributed by atoms with Crippen molar-refractivity contribution in [2.75, 3.05) is 17.7 Å². The Labute approximate surface area is 162 Å². The summed E-state index contributed by atoms with van der Waals surface area (Å²) in [5.41, 5.74) is 1.58. The summed E-state index contributed by atoms with van der Waals surface area (Å²) >= 11 is 1.28. The molecule has 0 bridgehead atoms. The van der Waals surface area contributed by atoms with Gasteiger partial charge in [-0.05, 0) is 53.2 Å². The SMILES string of the molecule is CCCCOc1ccc(NC(=O)CSc2nnnn2-c2ccccc2)cc1. The lowest BCUT2D eigenvalue weighted by Gasteiger charge is -2.08. The van der Waals surface area contributed by atoms with Crippen LogP contribution in [0, 0.1) is 0 Å². The van der Waals surface area contributed by atoms with Crippen molar-refractivity contribution in [2.24, 2.45) is 0 Å². The normalized spacial score (nSPS) is 10.6. The zero-order chi connectivity index (χ0) is 18.9. The lowest BCUT2D eigenvalue weighted by Crippen LogP contribution is -2.14. The molecule has 0 saturated heterocycles. The van der Waals surface area contributed by atoms with Crippen LogP contribution in [0.25, 0.3) is 5.69 Å². The molecule has 0 aliphatic heterocycles. The molecule has 8 heteroatoms. The van der Waals surface area contributed by atoms with Crippen molar-refractivity contribution in [1.29, 1.82) is 0 Å². The summed E-state index contributed by atoms with van der Waals surface area (Å²) in [6, 6.07) is 16.9. The molecule has 27 heavy (non-hydrogen) atoms. The highest BCUT2D eigenvalue weighted by atomic mass is 32.2. The van der Waals surface area contributed by atoms with E-state index >= 15 is 0 Å². The van der Waals surface area contributed by atoms with Crippen molar-refractivity contribution in [1.82, 2.24) is 20.2 Å². The maximum atomic E-state index is 12.2. The van der Waals surface area contributed by atoms with Gasteiger partial charge in [0.1, 0.15) is 5.75 Å². The first-order valence-corrected chi connectivity index (χ1v) is 9.74. The van der Waals surface area contributed by atoms with Gasteiger partial charge in [-0.1, -0.05) is 43.3 Å². The standard InChI is InChI=1S/C19H21N5O2S/c1-2-3-13-26-17-11-9-15(10-12-17)20-18(25)14-27-19-21-22-23-24(19)16-7-5-4-6-8-16/h4-12H,2-3,13-14H2,1H3,(H,20,25). The van der Waals surface area contributed by atoms with Crippen LogP contribution in [0.5, 0.6) is 5.75 Å². The maximum absolute atomic E-state index is 12.2. The average molecular weight is 383 g/mol.